The van der Waals surface area contributed by atoms with Crippen molar-refractivity contribution in [2.45, 2.75) is 32.0 Å². The molecule has 0 aromatic heterocycles. The van der Waals surface area contributed by atoms with Gasteiger partial charge in [0, 0.05) is 10.9 Å². The lowest BCUT2D eigenvalue weighted by atomic mass is 9.95. The normalized spacial score (nSPS) is 14.0. The zero-order valence-corrected chi connectivity index (χ0v) is 10.3. The van der Waals surface area contributed by atoms with Crippen LogP contribution in [0.1, 0.15) is 19.4 Å². The van der Waals surface area contributed by atoms with E-state index in [9.17, 15) is 14.6 Å². The van der Waals surface area contributed by atoms with Crippen molar-refractivity contribution in [2.75, 3.05) is 0 Å². The van der Waals surface area contributed by atoms with Crippen molar-refractivity contribution in [3.63, 3.8) is 0 Å². The maximum Gasteiger partial charge on any atom is 0.127 e. The molecule has 0 bridgehead atoms. The molecule has 0 radical (unpaired) electrons. The second-order valence-electron chi connectivity index (χ2n) is 4.11. The first-order valence-electron chi connectivity index (χ1n) is 4.65. The molecule has 2 N–H and O–H groups in total. The maximum absolute atomic E-state index is 13.4. The topological polar surface area (TPSA) is 40.5 Å². The van der Waals surface area contributed by atoms with Gasteiger partial charge in [-0.15, -0.1) is 0 Å². The minimum absolute atomic E-state index is 0.0998. The minimum atomic E-state index is -1.22. The summed E-state index contributed by atoms with van der Waals surface area (Å²) < 4.78 is 14.0. The lowest BCUT2D eigenvalue weighted by Gasteiger charge is -2.24. The zero-order valence-electron chi connectivity index (χ0n) is 8.67. The summed E-state index contributed by atoms with van der Waals surface area (Å²) in [4.78, 5) is 0. The SMILES string of the molecule is CC(C)(O)C(O)Cc1ccc(Br)cc1F. The van der Waals surface area contributed by atoms with Crippen LogP contribution in [0.3, 0.4) is 0 Å². The van der Waals surface area contributed by atoms with Crippen molar-refractivity contribution >= 4 is 15.9 Å². The largest absolute Gasteiger partial charge is 0.390 e. The standard InChI is InChI=1S/C11H14BrFO2/c1-11(2,15)10(14)5-7-3-4-8(12)6-9(7)13/h3-4,6,10,14-15H,5H2,1-2H3. The predicted octanol–water partition coefficient (Wildman–Crippen LogP) is 2.26. The lowest BCUT2D eigenvalue weighted by Crippen LogP contribution is -2.37. The molecule has 1 aromatic carbocycles. The summed E-state index contributed by atoms with van der Waals surface area (Å²) in [5.74, 6) is -0.382. The molecule has 1 unspecified atom stereocenters. The van der Waals surface area contributed by atoms with Gasteiger partial charge in [-0.3, -0.25) is 0 Å². The van der Waals surface area contributed by atoms with Gasteiger partial charge in [-0.1, -0.05) is 22.0 Å². The molecule has 0 fully saturated rings. The van der Waals surface area contributed by atoms with Crippen molar-refractivity contribution in [2.24, 2.45) is 0 Å². The minimum Gasteiger partial charge on any atom is -0.390 e. The van der Waals surface area contributed by atoms with Gasteiger partial charge >= 0.3 is 0 Å². The molecular formula is C11H14BrFO2. The number of hydrogen-bond acceptors (Lipinski definition) is 2. The molecule has 0 spiro atoms. The van der Waals surface area contributed by atoms with Gasteiger partial charge in [0.2, 0.25) is 0 Å². The van der Waals surface area contributed by atoms with Gasteiger partial charge in [-0.25, -0.2) is 4.39 Å². The second kappa shape index (κ2) is 4.60. The van der Waals surface area contributed by atoms with Crippen LogP contribution in [0.4, 0.5) is 4.39 Å². The summed E-state index contributed by atoms with van der Waals surface area (Å²) in [6, 6.07) is 4.64. The van der Waals surface area contributed by atoms with Crippen LogP contribution in [0, 0.1) is 5.82 Å². The van der Waals surface area contributed by atoms with Crippen molar-refractivity contribution in [1.29, 1.82) is 0 Å². The van der Waals surface area contributed by atoms with E-state index >= 15 is 0 Å². The van der Waals surface area contributed by atoms with Crippen molar-refractivity contribution < 1.29 is 14.6 Å². The highest BCUT2D eigenvalue weighted by Crippen LogP contribution is 2.19. The molecule has 15 heavy (non-hydrogen) atoms. The van der Waals surface area contributed by atoms with Crippen LogP contribution in [0.25, 0.3) is 0 Å². The molecule has 2 nitrogen and oxygen atoms in total. The highest BCUT2D eigenvalue weighted by Gasteiger charge is 2.25. The Balaban J connectivity index is 2.82. The van der Waals surface area contributed by atoms with E-state index < -0.39 is 11.7 Å². The quantitative estimate of drug-likeness (QED) is 0.889. The molecule has 4 heteroatoms. The molecule has 0 saturated heterocycles. The van der Waals surface area contributed by atoms with E-state index in [0.717, 1.165) is 0 Å². The monoisotopic (exact) mass is 276 g/mol. The Morgan fingerprint density at radius 3 is 2.53 bits per heavy atom. The summed E-state index contributed by atoms with van der Waals surface area (Å²) in [5, 5.41) is 19.1. The fraction of sp³-hybridized carbons (Fsp3) is 0.455. The molecule has 1 rings (SSSR count). The maximum atomic E-state index is 13.4. The third-order valence-corrected chi connectivity index (χ3v) is 2.74. The number of halogens is 2. The van der Waals surface area contributed by atoms with Gasteiger partial charge in [0.15, 0.2) is 0 Å². The van der Waals surface area contributed by atoms with E-state index in [-0.39, 0.29) is 12.2 Å². The second-order valence-corrected chi connectivity index (χ2v) is 5.02. The third kappa shape index (κ3) is 3.55. The van der Waals surface area contributed by atoms with Crippen LogP contribution in [0.5, 0.6) is 0 Å². The Bertz CT molecular complexity index is 347. The Morgan fingerprint density at radius 2 is 2.07 bits per heavy atom. The number of rotatable bonds is 3. The molecule has 0 amide bonds. The summed E-state index contributed by atoms with van der Waals surface area (Å²) in [5.41, 5.74) is -0.827. The van der Waals surface area contributed by atoms with Crippen molar-refractivity contribution in [3.05, 3.63) is 34.1 Å². The van der Waals surface area contributed by atoms with E-state index in [4.69, 9.17) is 0 Å². The fourth-order valence-electron chi connectivity index (χ4n) is 1.15. The average Bonchev–Trinajstić information content (AvgIpc) is 2.08. The molecular weight excluding hydrogens is 263 g/mol. The summed E-state index contributed by atoms with van der Waals surface area (Å²) in [6.45, 7) is 2.99. The Hall–Kier alpha value is -0.450. The van der Waals surface area contributed by atoms with E-state index in [0.29, 0.717) is 10.0 Å². The molecule has 1 atom stereocenters. The highest BCUT2D eigenvalue weighted by atomic mass is 79.9. The van der Waals surface area contributed by atoms with Crippen LogP contribution in [-0.4, -0.2) is 21.9 Å². The van der Waals surface area contributed by atoms with Crippen LogP contribution in [-0.2, 0) is 6.42 Å². The predicted molar refractivity (Wildman–Crippen MR) is 60.1 cm³/mol. The summed E-state index contributed by atoms with van der Waals surface area (Å²) in [6.07, 6.45) is -0.879. The lowest BCUT2D eigenvalue weighted by molar-refractivity contribution is -0.0472. The first-order chi connectivity index (χ1) is 6.80. The number of aliphatic hydroxyl groups is 2. The van der Waals surface area contributed by atoms with Gasteiger partial charge in [0.25, 0.3) is 0 Å². The van der Waals surface area contributed by atoms with E-state index in [2.05, 4.69) is 15.9 Å². The molecule has 1 aromatic rings. The molecule has 0 aliphatic heterocycles. The van der Waals surface area contributed by atoms with E-state index in [1.165, 1.54) is 19.9 Å². The van der Waals surface area contributed by atoms with Crippen LogP contribution < -0.4 is 0 Å². The van der Waals surface area contributed by atoms with Crippen LogP contribution in [0.2, 0.25) is 0 Å². The van der Waals surface area contributed by atoms with Crippen LogP contribution in [0.15, 0.2) is 22.7 Å². The fourth-order valence-corrected chi connectivity index (χ4v) is 1.48. The van der Waals surface area contributed by atoms with Crippen LogP contribution >= 0.6 is 15.9 Å². The van der Waals surface area contributed by atoms with Gasteiger partial charge in [-0.05, 0) is 31.5 Å². The molecule has 84 valence electrons. The molecule has 0 heterocycles. The van der Waals surface area contributed by atoms with Crippen molar-refractivity contribution in [1.82, 2.24) is 0 Å². The van der Waals surface area contributed by atoms with Gasteiger partial charge in [0.1, 0.15) is 5.82 Å². The van der Waals surface area contributed by atoms with Gasteiger partial charge in [-0.2, -0.15) is 0 Å². The zero-order chi connectivity index (χ0) is 11.6. The molecule has 0 aliphatic rings. The van der Waals surface area contributed by atoms with E-state index in [1.807, 2.05) is 0 Å². The van der Waals surface area contributed by atoms with Gasteiger partial charge < -0.3 is 10.2 Å². The molecule has 0 aliphatic carbocycles. The first kappa shape index (κ1) is 12.6. The number of aliphatic hydroxyl groups excluding tert-OH is 1. The Morgan fingerprint density at radius 1 is 1.47 bits per heavy atom. The number of hydrogen-bond donors (Lipinski definition) is 2. The summed E-state index contributed by atoms with van der Waals surface area (Å²) >= 11 is 3.15. The molecule has 0 saturated carbocycles. The summed E-state index contributed by atoms with van der Waals surface area (Å²) in [7, 11) is 0. The Labute approximate surface area is 96.9 Å². The average molecular weight is 277 g/mol. The number of benzene rings is 1. The van der Waals surface area contributed by atoms with E-state index in [1.54, 1.807) is 12.1 Å². The van der Waals surface area contributed by atoms with Gasteiger partial charge in [0.05, 0.1) is 11.7 Å². The first-order valence-corrected chi connectivity index (χ1v) is 5.44. The Kier molecular flexibility index (Phi) is 3.87. The third-order valence-electron chi connectivity index (χ3n) is 2.24. The van der Waals surface area contributed by atoms with Crippen molar-refractivity contribution in [3.8, 4) is 0 Å². The smallest absolute Gasteiger partial charge is 0.127 e. The highest BCUT2D eigenvalue weighted by molar-refractivity contribution is 9.10.